The Kier molecular flexibility index (Phi) is 8.44. The van der Waals surface area contributed by atoms with Gasteiger partial charge in [-0.2, -0.15) is 0 Å². The van der Waals surface area contributed by atoms with Crippen LogP contribution < -0.4 is 0 Å². The minimum absolute atomic E-state index is 0.306. The van der Waals surface area contributed by atoms with E-state index in [-0.39, 0.29) is 0 Å². The van der Waals surface area contributed by atoms with E-state index in [1.807, 2.05) is 6.92 Å². The Morgan fingerprint density at radius 2 is 1.80 bits per heavy atom. The first kappa shape index (κ1) is 14.5. The number of carbonyl (C=O) groups is 1. The van der Waals surface area contributed by atoms with Gasteiger partial charge in [-0.25, -0.2) is 0 Å². The Labute approximate surface area is 95.0 Å². The lowest BCUT2D eigenvalue weighted by molar-refractivity contribution is -0.133. The molecule has 90 valence electrons. The van der Waals surface area contributed by atoms with Crippen LogP contribution in [0, 0.1) is 0 Å². The van der Waals surface area contributed by atoms with Gasteiger partial charge in [-0.05, 0) is 19.8 Å². The molecule has 0 fully saturated rings. The molecule has 2 heteroatoms. The Bertz CT molecular complexity index is 168. The van der Waals surface area contributed by atoms with Gasteiger partial charge in [0.1, 0.15) is 0 Å². The molecule has 0 radical (unpaired) electrons. The number of amides is 1. The maximum absolute atomic E-state index is 11.7. The van der Waals surface area contributed by atoms with Crippen molar-refractivity contribution in [1.82, 2.24) is 4.90 Å². The van der Waals surface area contributed by atoms with Gasteiger partial charge >= 0.3 is 0 Å². The van der Waals surface area contributed by atoms with Gasteiger partial charge in [-0.1, -0.05) is 40.0 Å². The minimum atomic E-state index is 0.306. The third-order valence-corrected chi connectivity index (χ3v) is 3.00. The third kappa shape index (κ3) is 5.81. The van der Waals surface area contributed by atoms with E-state index in [4.69, 9.17) is 0 Å². The minimum Gasteiger partial charge on any atom is -0.340 e. The number of carbonyl (C=O) groups excluding carboxylic acids is 1. The smallest absolute Gasteiger partial charge is 0.222 e. The van der Waals surface area contributed by atoms with Gasteiger partial charge in [0.25, 0.3) is 0 Å². The van der Waals surface area contributed by atoms with Crippen molar-refractivity contribution in [3.05, 3.63) is 0 Å². The summed E-state index contributed by atoms with van der Waals surface area (Å²) >= 11 is 0. The molecule has 0 aliphatic heterocycles. The predicted octanol–water partition coefficient (Wildman–Crippen LogP) is 3.60. The Balaban J connectivity index is 3.96. The maximum Gasteiger partial charge on any atom is 0.222 e. The molecule has 2 nitrogen and oxygen atoms in total. The zero-order valence-electron chi connectivity index (χ0n) is 10.9. The van der Waals surface area contributed by atoms with Crippen molar-refractivity contribution in [2.24, 2.45) is 0 Å². The van der Waals surface area contributed by atoms with Crippen molar-refractivity contribution in [2.75, 3.05) is 6.54 Å². The van der Waals surface area contributed by atoms with E-state index in [1.165, 1.54) is 19.3 Å². The van der Waals surface area contributed by atoms with Crippen LogP contribution in [-0.4, -0.2) is 23.4 Å². The lowest BCUT2D eigenvalue weighted by Crippen LogP contribution is -2.38. The lowest BCUT2D eigenvalue weighted by atomic mass is 10.1. The van der Waals surface area contributed by atoms with Crippen molar-refractivity contribution in [2.45, 2.75) is 72.3 Å². The van der Waals surface area contributed by atoms with Crippen LogP contribution in [-0.2, 0) is 4.79 Å². The molecule has 0 aliphatic rings. The highest BCUT2D eigenvalue weighted by molar-refractivity contribution is 5.76. The highest BCUT2D eigenvalue weighted by Crippen LogP contribution is 2.09. The Morgan fingerprint density at radius 1 is 1.13 bits per heavy atom. The normalized spacial score (nSPS) is 12.5. The van der Waals surface area contributed by atoms with Gasteiger partial charge in [-0.3, -0.25) is 4.79 Å². The summed E-state index contributed by atoms with van der Waals surface area (Å²) in [5.41, 5.74) is 0. The van der Waals surface area contributed by atoms with Crippen LogP contribution in [0.25, 0.3) is 0 Å². The van der Waals surface area contributed by atoms with E-state index in [0.717, 1.165) is 19.4 Å². The fourth-order valence-electron chi connectivity index (χ4n) is 1.72. The van der Waals surface area contributed by atoms with E-state index in [2.05, 4.69) is 25.7 Å². The van der Waals surface area contributed by atoms with Crippen molar-refractivity contribution in [3.63, 3.8) is 0 Å². The first-order valence-electron chi connectivity index (χ1n) is 6.46. The zero-order valence-corrected chi connectivity index (χ0v) is 10.9. The van der Waals surface area contributed by atoms with E-state index in [0.29, 0.717) is 18.4 Å². The lowest BCUT2D eigenvalue weighted by Gasteiger charge is -2.28. The summed E-state index contributed by atoms with van der Waals surface area (Å²) in [6.45, 7) is 9.40. The molecule has 0 heterocycles. The van der Waals surface area contributed by atoms with Crippen molar-refractivity contribution in [1.29, 1.82) is 0 Å². The van der Waals surface area contributed by atoms with E-state index >= 15 is 0 Å². The number of unbranched alkanes of at least 4 members (excludes halogenated alkanes) is 3. The SMILES string of the molecule is CCCCCCN(C(=O)CC)C(C)CC. The molecule has 0 aromatic rings. The van der Waals surface area contributed by atoms with Crippen molar-refractivity contribution in [3.8, 4) is 0 Å². The average Bonchev–Trinajstić information content (AvgIpc) is 2.27. The summed E-state index contributed by atoms with van der Waals surface area (Å²) in [4.78, 5) is 13.8. The van der Waals surface area contributed by atoms with Crippen molar-refractivity contribution < 1.29 is 4.79 Å². The van der Waals surface area contributed by atoms with Gasteiger partial charge in [0.15, 0.2) is 0 Å². The Morgan fingerprint density at radius 3 is 2.27 bits per heavy atom. The molecule has 0 rings (SSSR count). The monoisotopic (exact) mass is 213 g/mol. The molecule has 0 bridgehead atoms. The molecule has 0 N–H and O–H groups in total. The van der Waals surface area contributed by atoms with Crippen LogP contribution in [0.2, 0.25) is 0 Å². The second-order valence-electron chi connectivity index (χ2n) is 4.26. The average molecular weight is 213 g/mol. The molecule has 1 unspecified atom stereocenters. The van der Waals surface area contributed by atoms with Crippen LogP contribution >= 0.6 is 0 Å². The second kappa shape index (κ2) is 8.75. The molecular formula is C13H27NO. The predicted molar refractivity (Wildman–Crippen MR) is 65.9 cm³/mol. The molecule has 0 aromatic heterocycles. The fourth-order valence-corrected chi connectivity index (χ4v) is 1.72. The fraction of sp³-hybridized carbons (Fsp3) is 0.923. The highest BCUT2D eigenvalue weighted by atomic mass is 16.2. The zero-order chi connectivity index (χ0) is 11.7. The Hall–Kier alpha value is -0.530. The molecule has 1 atom stereocenters. The molecular weight excluding hydrogens is 186 g/mol. The van der Waals surface area contributed by atoms with Crippen molar-refractivity contribution >= 4 is 5.91 Å². The quantitative estimate of drug-likeness (QED) is 0.564. The van der Waals surface area contributed by atoms with Crippen LogP contribution in [0.3, 0.4) is 0 Å². The molecule has 0 aliphatic carbocycles. The second-order valence-corrected chi connectivity index (χ2v) is 4.26. The van der Waals surface area contributed by atoms with Crippen LogP contribution in [0.5, 0.6) is 0 Å². The third-order valence-electron chi connectivity index (χ3n) is 3.00. The van der Waals surface area contributed by atoms with E-state index < -0.39 is 0 Å². The largest absolute Gasteiger partial charge is 0.340 e. The van der Waals surface area contributed by atoms with E-state index in [1.54, 1.807) is 0 Å². The summed E-state index contributed by atoms with van der Waals surface area (Å²) in [7, 11) is 0. The van der Waals surface area contributed by atoms with Gasteiger partial charge in [0.2, 0.25) is 5.91 Å². The van der Waals surface area contributed by atoms with Gasteiger partial charge < -0.3 is 4.90 Å². The summed E-state index contributed by atoms with van der Waals surface area (Å²) in [6.07, 6.45) is 6.64. The molecule has 0 saturated carbocycles. The number of nitrogens with zero attached hydrogens (tertiary/aromatic N) is 1. The van der Waals surface area contributed by atoms with Crippen LogP contribution in [0.1, 0.15) is 66.2 Å². The van der Waals surface area contributed by atoms with Crippen LogP contribution in [0.15, 0.2) is 0 Å². The number of hydrogen-bond donors (Lipinski definition) is 0. The summed E-state index contributed by atoms with van der Waals surface area (Å²) < 4.78 is 0. The number of hydrogen-bond acceptors (Lipinski definition) is 1. The molecule has 0 aromatic carbocycles. The van der Waals surface area contributed by atoms with Crippen LogP contribution in [0.4, 0.5) is 0 Å². The van der Waals surface area contributed by atoms with Gasteiger partial charge in [0, 0.05) is 19.0 Å². The number of rotatable bonds is 8. The summed E-state index contributed by atoms with van der Waals surface area (Å²) in [5.74, 6) is 0.306. The standard InChI is InChI=1S/C13H27NO/c1-5-8-9-10-11-14(12(4)6-2)13(15)7-3/h12H,5-11H2,1-4H3. The summed E-state index contributed by atoms with van der Waals surface area (Å²) in [5, 5.41) is 0. The topological polar surface area (TPSA) is 20.3 Å². The van der Waals surface area contributed by atoms with E-state index in [9.17, 15) is 4.79 Å². The first-order chi connectivity index (χ1) is 7.17. The first-order valence-corrected chi connectivity index (χ1v) is 6.46. The molecule has 15 heavy (non-hydrogen) atoms. The highest BCUT2D eigenvalue weighted by Gasteiger charge is 2.16. The maximum atomic E-state index is 11.7. The molecule has 1 amide bonds. The molecule has 0 spiro atoms. The van der Waals surface area contributed by atoms with Gasteiger partial charge in [0.05, 0.1) is 0 Å². The van der Waals surface area contributed by atoms with Gasteiger partial charge in [-0.15, -0.1) is 0 Å². The summed E-state index contributed by atoms with van der Waals surface area (Å²) in [6, 6.07) is 0.402. The molecule has 0 saturated heterocycles.